The topological polar surface area (TPSA) is 190 Å². The number of urea groups is 1. The Hall–Kier alpha value is -4.93. The van der Waals surface area contributed by atoms with Crippen LogP contribution in [0.2, 0.25) is 0 Å². The standard InChI is InChI=1S/C24H26F3N9O5/c1-3-30-23(38)36(40-22(37)24(25,26)27)14-8-5-7-13(11-14)16-17-19(15(12-31-16)39-10-6-9-28)35(4-2)21(32-17)18-20(29)34-41-33-18/h5,7-8,11-12H,3-4,6,9-10,28H2,1-2H3,(H2,29,34)(H,30,38). The van der Waals surface area contributed by atoms with Gasteiger partial charge in [0.1, 0.15) is 11.0 Å². The zero-order valence-electron chi connectivity index (χ0n) is 21.9. The van der Waals surface area contributed by atoms with Gasteiger partial charge in [0.25, 0.3) is 0 Å². The molecule has 3 heterocycles. The van der Waals surface area contributed by atoms with Crippen LogP contribution < -0.4 is 26.6 Å². The van der Waals surface area contributed by atoms with Crippen molar-refractivity contribution in [2.45, 2.75) is 33.0 Å². The Bertz CT molecular complexity index is 1550. The fourth-order valence-corrected chi connectivity index (χ4v) is 3.88. The van der Waals surface area contributed by atoms with E-state index < -0.39 is 18.2 Å². The van der Waals surface area contributed by atoms with Crippen molar-refractivity contribution in [3.05, 3.63) is 30.5 Å². The van der Waals surface area contributed by atoms with Crippen LogP contribution in [0.25, 0.3) is 33.8 Å². The SMILES string of the molecule is CCNC(=O)N(OC(=O)C(F)(F)F)c1cccc(-c2ncc(OCCCN)c3c2nc(-c2nonc2N)n3CC)c1. The fraction of sp³-hybridized carbons (Fsp3) is 0.333. The predicted octanol–water partition coefficient (Wildman–Crippen LogP) is 3.03. The van der Waals surface area contributed by atoms with Crippen LogP contribution in [0.4, 0.5) is 29.5 Å². The minimum atomic E-state index is -5.34. The number of aryl methyl sites for hydroxylation is 1. The number of benzene rings is 1. The van der Waals surface area contributed by atoms with Gasteiger partial charge in [-0.2, -0.15) is 13.2 Å². The highest BCUT2D eigenvalue weighted by Gasteiger charge is 2.43. The lowest BCUT2D eigenvalue weighted by molar-refractivity contribution is -0.199. The molecule has 2 amide bonds. The Labute approximate surface area is 230 Å². The average Bonchev–Trinajstić information content (AvgIpc) is 3.54. The number of nitrogens with one attached hydrogen (secondary N) is 1. The maximum Gasteiger partial charge on any atom is 0.493 e. The summed E-state index contributed by atoms with van der Waals surface area (Å²) in [7, 11) is 0. The van der Waals surface area contributed by atoms with Crippen molar-refractivity contribution in [2.24, 2.45) is 5.73 Å². The molecule has 41 heavy (non-hydrogen) atoms. The molecule has 0 bridgehead atoms. The number of hydrogen-bond acceptors (Lipinski definition) is 11. The first kappa shape index (κ1) is 29.1. The summed E-state index contributed by atoms with van der Waals surface area (Å²) in [6.07, 6.45) is -3.30. The zero-order chi connectivity index (χ0) is 29.7. The number of nitrogens with two attached hydrogens (primary N) is 2. The maximum atomic E-state index is 13.0. The molecule has 14 nitrogen and oxygen atoms in total. The van der Waals surface area contributed by atoms with E-state index in [1.54, 1.807) is 17.6 Å². The number of hydrogen-bond donors (Lipinski definition) is 3. The van der Waals surface area contributed by atoms with E-state index in [9.17, 15) is 22.8 Å². The Kier molecular flexibility index (Phi) is 8.56. The van der Waals surface area contributed by atoms with Crippen LogP contribution in [0.3, 0.4) is 0 Å². The summed E-state index contributed by atoms with van der Waals surface area (Å²) in [4.78, 5) is 37.8. The lowest BCUT2D eigenvalue weighted by atomic mass is 10.1. The summed E-state index contributed by atoms with van der Waals surface area (Å²) in [6, 6.07) is 4.58. The second-order valence-electron chi connectivity index (χ2n) is 8.39. The van der Waals surface area contributed by atoms with Crippen LogP contribution in [0.15, 0.2) is 35.1 Å². The number of carbonyl (C=O) groups excluding carboxylic acids is 2. The molecule has 5 N–H and O–H groups in total. The van der Waals surface area contributed by atoms with E-state index >= 15 is 0 Å². The Morgan fingerprint density at radius 2 is 1.98 bits per heavy atom. The van der Waals surface area contributed by atoms with Crippen LogP contribution in [-0.4, -0.2) is 62.7 Å². The van der Waals surface area contributed by atoms with E-state index in [-0.39, 0.29) is 34.5 Å². The number of ether oxygens (including phenoxy) is 1. The van der Waals surface area contributed by atoms with Gasteiger partial charge in [-0.05, 0) is 49.3 Å². The van der Waals surface area contributed by atoms with Gasteiger partial charge in [0.2, 0.25) is 0 Å². The zero-order valence-corrected chi connectivity index (χ0v) is 21.9. The third kappa shape index (κ3) is 5.98. The fourth-order valence-electron chi connectivity index (χ4n) is 3.88. The van der Waals surface area contributed by atoms with Gasteiger partial charge in [0.05, 0.1) is 24.2 Å². The van der Waals surface area contributed by atoms with Crippen molar-refractivity contribution in [1.29, 1.82) is 0 Å². The molecule has 0 saturated carbocycles. The van der Waals surface area contributed by atoms with E-state index in [0.717, 1.165) is 0 Å². The van der Waals surface area contributed by atoms with Gasteiger partial charge in [-0.15, -0.1) is 5.06 Å². The molecule has 0 aliphatic heterocycles. The van der Waals surface area contributed by atoms with E-state index in [0.29, 0.717) is 54.3 Å². The molecule has 218 valence electrons. The van der Waals surface area contributed by atoms with Crippen LogP contribution in [0.5, 0.6) is 5.75 Å². The van der Waals surface area contributed by atoms with Crippen molar-refractivity contribution in [3.63, 3.8) is 0 Å². The van der Waals surface area contributed by atoms with Crippen molar-refractivity contribution in [1.82, 2.24) is 30.2 Å². The number of nitrogens with zero attached hydrogens (tertiary/aromatic N) is 6. The molecule has 0 spiro atoms. The summed E-state index contributed by atoms with van der Waals surface area (Å²) in [5, 5.41) is 10.0. The molecule has 17 heteroatoms. The van der Waals surface area contributed by atoms with Gasteiger partial charge in [0, 0.05) is 18.7 Å². The lowest BCUT2D eigenvalue weighted by Gasteiger charge is -2.22. The summed E-state index contributed by atoms with van der Waals surface area (Å²) in [5.41, 5.74) is 13.0. The molecule has 3 aromatic heterocycles. The molecule has 0 radical (unpaired) electrons. The van der Waals surface area contributed by atoms with Gasteiger partial charge < -0.3 is 30.9 Å². The normalized spacial score (nSPS) is 11.5. The van der Waals surface area contributed by atoms with Gasteiger partial charge in [-0.25, -0.2) is 24.2 Å². The molecule has 0 atom stereocenters. The molecule has 0 saturated heterocycles. The number of fused-ring (bicyclic) bond motifs is 1. The molecule has 0 unspecified atom stereocenters. The molecular formula is C24H26F3N9O5. The summed E-state index contributed by atoms with van der Waals surface area (Å²) in [6.45, 7) is 4.57. The second-order valence-corrected chi connectivity index (χ2v) is 8.39. The van der Waals surface area contributed by atoms with E-state index in [1.165, 1.54) is 24.4 Å². The first-order valence-electron chi connectivity index (χ1n) is 12.4. The van der Waals surface area contributed by atoms with Crippen LogP contribution >= 0.6 is 0 Å². The number of anilines is 2. The third-order valence-corrected chi connectivity index (χ3v) is 5.66. The Morgan fingerprint density at radius 1 is 1.20 bits per heavy atom. The summed E-state index contributed by atoms with van der Waals surface area (Å²) in [5.74, 6) is -1.88. The number of nitrogen functional groups attached to an aromatic ring is 1. The number of aromatic nitrogens is 5. The number of carbonyl (C=O) groups is 2. The summed E-state index contributed by atoms with van der Waals surface area (Å²) >= 11 is 0. The van der Waals surface area contributed by atoms with Gasteiger partial charge in [0.15, 0.2) is 23.1 Å². The number of halogens is 3. The quantitative estimate of drug-likeness (QED) is 0.196. The molecule has 0 fully saturated rings. The highest BCUT2D eigenvalue weighted by Crippen LogP contribution is 2.37. The highest BCUT2D eigenvalue weighted by molar-refractivity contribution is 5.98. The lowest BCUT2D eigenvalue weighted by Crippen LogP contribution is -2.44. The van der Waals surface area contributed by atoms with Crippen molar-refractivity contribution >= 4 is 34.5 Å². The molecule has 4 rings (SSSR count). The minimum absolute atomic E-state index is 0.00108. The second kappa shape index (κ2) is 12.1. The van der Waals surface area contributed by atoms with Crippen molar-refractivity contribution < 1.29 is 37.0 Å². The molecule has 1 aromatic carbocycles. The first-order chi connectivity index (χ1) is 19.6. The van der Waals surface area contributed by atoms with Crippen molar-refractivity contribution in [3.8, 4) is 28.5 Å². The first-order valence-corrected chi connectivity index (χ1v) is 12.4. The van der Waals surface area contributed by atoms with Crippen LogP contribution in [0, 0.1) is 0 Å². The molecule has 4 aromatic rings. The van der Waals surface area contributed by atoms with E-state index in [4.69, 9.17) is 25.8 Å². The number of rotatable bonds is 9. The number of pyridine rings is 1. The van der Waals surface area contributed by atoms with E-state index in [1.807, 2.05) is 6.92 Å². The van der Waals surface area contributed by atoms with Crippen LogP contribution in [0.1, 0.15) is 20.3 Å². The van der Waals surface area contributed by atoms with Crippen molar-refractivity contribution in [2.75, 3.05) is 30.5 Å². The van der Waals surface area contributed by atoms with Gasteiger partial charge in [-0.1, -0.05) is 12.1 Å². The van der Waals surface area contributed by atoms with Gasteiger partial charge >= 0.3 is 18.2 Å². The maximum absolute atomic E-state index is 13.0. The molecule has 0 aliphatic carbocycles. The number of alkyl halides is 3. The monoisotopic (exact) mass is 577 g/mol. The number of hydroxylamine groups is 1. The smallest absolute Gasteiger partial charge is 0.490 e. The van der Waals surface area contributed by atoms with Crippen LogP contribution in [-0.2, 0) is 16.2 Å². The highest BCUT2D eigenvalue weighted by atomic mass is 19.4. The minimum Gasteiger partial charge on any atom is -0.490 e. The average molecular weight is 578 g/mol. The predicted molar refractivity (Wildman–Crippen MR) is 139 cm³/mol. The van der Waals surface area contributed by atoms with Gasteiger partial charge in [-0.3, -0.25) is 0 Å². The molecule has 0 aliphatic rings. The Balaban J connectivity index is 1.88. The third-order valence-electron chi connectivity index (χ3n) is 5.66. The van der Waals surface area contributed by atoms with E-state index in [2.05, 4.69) is 25.5 Å². The molecular weight excluding hydrogens is 551 g/mol. The summed E-state index contributed by atoms with van der Waals surface area (Å²) < 4.78 is 51.3. The Morgan fingerprint density at radius 3 is 2.61 bits per heavy atom. The number of imidazole rings is 1. The largest absolute Gasteiger partial charge is 0.493 e. The number of amides is 2.